The fourth-order valence-corrected chi connectivity index (χ4v) is 3.04. The first-order valence-electron chi connectivity index (χ1n) is 8.30. The molecule has 0 spiro atoms. The standard InChI is InChI=1S/C17H22FN3O3/c18-13-3-5-14(6-4-13)19-16(22)12-20-7-9-21(10-8-20)17(23)15-2-1-11-24-15/h3-6,15H,1-2,7-12H2,(H,19,22)/t15-/m1/s1. The Bertz CT molecular complexity index is 579. The molecule has 0 radical (unpaired) electrons. The van der Waals surface area contributed by atoms with Crippen LogP contribution >= 0.6 is 0 Å². The van der Waals surface area contributed by atoms with Crippen LogP contribution < -0.4 is 5.32 Å². The zero-order valence-corrected chi connectivity index (χ0v) is 13.5. The monoisotopic (exact) mass is 335 g/mol. The highest BCUT2D eigenvalue weighted by molar-refractivity contribution is 5.92. The van der Waals surface area contributed by atoms with Crippen molar-refractivity contribution in [2.75, 3.05) is 44.6 Å². The number of hydrogen-bond donors (Lipinski definition) is 1. The minimum atomic E-state index is -0.333. The zero-order valence-electron chi connectivity index (χ0n) is 13.5. The van der Waals surface area contributed by atoms with Gasteiger partial charge in [-0.3, -0.25) is 14.5 Å². The van der Waals surface area contributed by atoms with Crippen molar-refractivity contribution in [2.45, 2.75) is 18.9 Å². The van der Waals surface area contributed by atoms with E-state index in [9.17, 15) is 14.0 Å². The number of nitrogens with zero attached hydrogens (tertiary/aromatic N) is 2. The smallest absolute Gasteiger partial charge is 0.251 e. The van der Waals surface area contributed by atoms with E-state index < -0.39 is 0 Å². The molecule has 130 valence electrons. The van der Waals surface area contributed by atoms with Crippen LogP contribution in [-0.2, 0) is 14.3 Å². The molecule has 0 saturated carbocycles. The lowest BCUT2D eigenvalue weighted by molar-refractivity contribution is -0.142. The van der Waals surface area contributed by atoms with Crippen LogP contribution in [0, 0.1) is 5.82 Å². The maximum atomic E-state index is 12.8. The molecule has 0 aliphatic carbocycles. The summed E-state index contributed by atoms with van der Waals surface area (Å²) in [7, 11) is 0. The highest BCUT2D eigenvalue weighted by atomic mass is 19.1. The highest BCUT2D eigenvalue weighted by Gasteiger charge is 2.30. The summed E-state index contributed by atoms with van der Waals surface area (Å²) in [6.45, 7) is 3.48. The van der Waals surface area contributed by atoms with Crippen LogP contribution in [0.3, 0.4) is 0 Å². The second kappa shape index (κ2) is 7.72. The third kappa shape index (κ3) is 4.30. The van der Waals surface area contributed by atoms with Gasteiger partial charge >= 0.3 is 0 Å². The van der Waals surface area contributed by atoms with Gasteiger partial charge in [0.2, 0.25) is 5.91 Å². The molecule has 2 aliphatic rings. The molecule has 2 saturated heterocycles. The topological polar surface area (TPSA) is 61.9 Å². The Labute approximate surface area is 140 Å². The Morgan fingerprint density at radius 1 is 1.17 bits per heavy atom. The number of hydrogen-bond acceptors (Lipinski definition) is 4. The van der Waals surface area contributed by atoms with Crippen molar-refractivity contribution >= 4 is 17.5 Å². The van der Waals surface area contributed by atoms with E-state index in [4.69, 9.17) is 4.74 Å². The summed E-state index contributed by atoms with van der Waals surface area (Å²) in [4.78, 5) is 28.1. The SMILES string of the molecule is O=C(CN1CCN(C(=O)[C@H]2CCCO2)CC1)Nc1ccc(F)cc1. The van der Waals surface area contributed by atoms with E-state index in [1.54, 1.807) is 0 Å². The summed E-state index contributed by atoms with van der Waals surface area (Å²) in [5.74, 6) is -0.400. The lowest BCUT2D eigenvalue weighted by Gasteiger charge is -2.35. The predicted octanol–water partition coefficient (Wildman–Crippen LogP) is 1.09. The second-order valence-electron chi connectivity index (χ2n) is 6.16. The summed E-state index contributed by atoms with van der Waals surface area (Å²) in [5.41, 5.74) is 0.577. The molecule has 1 N–H and O–H groups in total. The van der Waals surface area contributed by atoms with E-state index in [0.29, 0.717) is 38.5 Å². The van der Waals surface area contributed by atoms with Gasteiger partial charge in [0, 0.05) is 38.5 Å². The molecule has 1 aromatic rings. The van der Waals surface area contributed by atoms with Gasteiger partial charge in [0.1, 0.15) is 11.9 Å². The molecule has 0 bridgehead atoms. The Morgan fingerprint density at radius 2 is 1.88 bits per heavy atom. The molecule has 6 nitrogen and oxygen atoms in total. The van der Waals surface area contributed by atoms with Crippen molar-refractivity contribution in [1.82, 2.24) is 9.80 Å². The molecule has 7 heteroatoms. The third-order valence-electron chi connectivity index (χ3n) is 4.38. The van der Waals surface area contributed by atoms with Crippen molar-refractivity contribution in [1.29, 1.82) is 0 Å². The van der Waals surface area contributed by atoms with Gasteiger partial charge in [-0.15, -0.1) is 0 Å². The fraction of sp³-hybridized carbons (Fsp3) is 0.529. The van der Waals surface area contributed by atoms with Gasteiger partial charge in [-0.25, -0.2) is 4.39 Å². The van der Waals surface area contributed by atoms with Crippen LogP contribution in [0.15, 0.2) is 24.3 Å². The van der Waals surface area contributed by atoms with Crippen LogP contribution in [0.5, 0.6) is 0 Å². The molecule has 3 rings (SSSR count). The van der Waals surface area contributed by atoms with Gasteiger partial charge in [-0.1, -0.05) is 0 Å². The van der Waals surface area contributed by atoms with Crippen molar-refractivity contribution < 1.29 is 18.7 Å². The number of anilines is 1. The summed E-state index contributed by atoms with van der Waals surface area (Å²) in [6.07, 6.45) is 1.47. The second-order valence-corrected chi connectivity index (χ2v) is 6.16. The number of amides is 2. The summed E-state index contributed by atoms with van der Waals surface area (Å²) < 4.78 is 18.3. The van der Waals surface area contributed by atoms with Crippen LogP contribution in [0.4, 0.5) is 10.1 Å². The molecule has 24 heavy (non-hydrogen) atoms. The molecule has 2 fully saturated rings. The molecule has 0 aromatic heterocycles. The number of benzene rings is 1. The van der Waals surface area contributed by atoms with E-state index in [-0.39, 0.29) is 30.3 Å². The maximum Gasteiger partial charge on any atom is 0.251 e. The third-order valence-corrected chi connectivity index (χ3v) is 4.38. The van der Waals surface area contributed by atoms with Crippen molar-refractivity contribution in [3.05, 3.63) is 30.1 Å². The molecular formula is C17H22FN3O3. The molecular weight excluding hydrogens is 313 g/mol. The Kier molecular flexibility index (Phi) is 5.42. The Balaban J connectivity index is 1.42. The number of ether oxygens (including phenoxy) is 1. The van der Waals surface area contributed by atoms with E-state index in [1.807, 2.05) is 9.80 Å². The first-order chi connectivity index (χ1) is 11.6. The van der Waals surface area contributed by atoms with E-state index >= 15 is 0 Å². The summed E-state index contributed by atoms with van der Waals surface area (Å²) >= 11 is 0. The number of halogens is 1. The van der Waals surface area contributed by atoms with Crippen LogP contribution in [0.2, 0.25) is 0 Å². The predicted molar refractivity (Wildman–Crippen MR) is 87.0 cm³/mol. The fourth-order valence-electron chi connectivity index (χ4n) is 3.04. The zero-order chi connectivity index (χ0) is 16.9. The highest BCUT2D eigenvalue weighted by Crippen LogP contribution is 2.16. The Hall–Kier alpha value is -1.99. The minimum absolute atomic E-state index is 0.0721. The van der Waals surface area contributed by atoms with Crippen molar-refractivity contribution in [3.63, 3.8) is 0 Å². The number of piperazine rings is 1. The molecule has 1 aromatic carbocycles. The normalized spacial score (nSPS) is 21.7. The maximum absolute atomic E-state index is 12.8. The van der Waals surface area contributed by atoms with E-state index in [1.165, 1.54) is 24.3 Å². The molecule has 1 atom stereocenters. The summed E-state index contributed by atoms with van der Waals surface area (Å²) in [5, 5.41) is 2.75. The molecule has 2 aliphatic heterocycles. The van der Waals surface area contributed by atoms with Gasteiger partial charge in [0.25, 0.3) is 5.91 Å². The van der Waals surface area contributed by atoms with Crippen LogP contribution in [0.1, 0.15) is 12.8 Å². The van der Waals surface area contributed by atoms with Gasteiger partial charge in [-0.2, -0.15) is 0 Å². The lowest BCUT2D eigenvalue weighted by Crippen LogP contribution is -2.52. The van der Waals surface area contributed by atoms with Gasteiger partial charge in [0.05, 0.1) is 6.54 Å². The number of carbonyl (C=O) groups is 2. The van der Waals surface area contributed by atoms with Crippen LogP contribution in [0.25, 0.3) is 0 Å². The number of nitrogens with one attached hydrogen (secondary N) is 1. The Morgan fingerprint density at radius 3 is 2.50 bits per heavy atom. The quantitative estimate of drug-likeness (QED) is 0.895. The largest absolute Gasteiger partial charge is 0.368 e. The molecule has 2 heterocycles. The number of rotatable bonds is 4. The lowest BCUT2D eigenvalue weighted by atomic mass is 10.2. The average molecular weight is 335 g/mol. The number of carbonyl (C=O) groups excluding carboxylic acids is 2. The first-order valence-corrected chi connectivity index (χ1v) is 8.30. The van der Waals surface area contributed by atoms with Gasteiger partial charge in [-0.05, 0) is 37.1 Å². The molecule has 2 amide bonds. The minimum Gasteiger partial charge on any atom is -0.368 e. The van der Waals surface area contributed by atoms with Crippen LogP contribution in [-0.4, -0.2) is 67.0 Å². The van der Waals surface area contributed by atoms with E-state index in [2.05, 4.69) is 5.32 Å². The molecule has 0 unspecified atom stereocenters. The van der Waals surface area contributed by atoms with Gasteiger partial charge in [0.15, 0.2) is 0 Å². The first kappa shape index (κ1) is 16.9. The van der Waals surface area contributed by atoms with Gasteiger partial charge < -0.3 is 15.0 Å². The van der Waals surface area contributed by atoms with Crippen molar-refractivity contribution in [2.24, 2.45) is 0 Å². The average Bonchev–Trinajstić information content (AvgIpc) is 3.11. The van der Waals surface area contributed by atoms with Crippen molar-refractivity contribution in [3.8, 4) is 0 Å². The summed E-state index contributed by atoms with van der Waals surface area (Å²) in [6, 6.07) is 5.69. The van der Waals surface area contributed by atoms with E-state index in [0.717, 1.165) is 12.8 Å².